The van der Waals surface area contributed by atoms with Crippen LogP contribution in [-0.4, -0.2) is 38.1 Å². The van der Waals surface area contributed by atoms with E-state index in [-0.39, 0.29) is 12.5 Å². The van der Waals surface area contributed by atoms with E-state index in [0.717, 1.165) is 11.3 Å². The van der Waals surface area contributed by atoms with Crippen LogP contribution in [0.1, 0.15) is 5.56 Å². The molecule has 4 nitrogen and oxygen atoms in total. The van der Waals surface area contributed by atoms with E-state index in [9.17, 15) is 0 Å². The van der Waals surface area contributed by atoms with Crippen LogP contribution in [0.3, 0.4) is 0 Å². The highest BCUT2D eigenvalue weighted by atomic mass is 35.6. The zero-order chi connectivity index (χ0) is 18.0. The molecule has 0 spiro atoms. The first-order valence-electron chi connectivity index (χ1n) is 6.48. The van der Waals surface area contributed by atoms with Gasteiger partial charge in [-0.05, 0) is 23.8 Å². The lowest BCUT2D eigenvalue weighted by atomic mass is 10.2. The van der Waals surface area contributed by atoms with Gasteiger partial charge in [-0.3, -0.25) is 4.90 Å². The molecule has 1 aliphatic rings. The van der Waals surface area contributed by atoms with E-state index in [1.807, 2.05) is 24.3 Å². The summed E-state index contributed by atoms with van der Waals surface area (Å²) in [6.07, 6.45) is 3.43. The second-order valence-electron chi connectivity index (χ2n) is 4.59. The number of ether oxygens (including phenoxy) is 1. The van der Waals surface area contributed by atoms with Crippen molar-refractivity contribution in [2.24, 2.45) is 9.98 Å². The Morgan fingerprint density at radius 1 is 1.04 bits per heavy atom. The van der Waals surface area contributed by atoms with Crippen LogP contribution in [0.15, 0.2) is 40.3 Å². The van der Waals surface area contributed by atoms with E-state index in [1.54, 1.807) is 19.3 Å². The van der Waals surface area contributed by atoms with Crippen LogP contribution in [-0.2, 0) is 0 Å². The fourth-order valence-electron chi connectivity index (χ4n) is 1.79. The summed E-state index contributed by atoms with van der Waals surface area (Å²) in [5.74, 6) is 1.07. The predicted molar refractivity (Wildman–Crippen MR) is 104 cm³/mol. The Morgan fingerprint density at radius 2 is 1.67 bits per heavy atom. The number of aliphatic imine (C=N–C) groups is 2. The lowest BCUT2D eigenvalue weighted by Crippen LogP contribution is -2.44. The van der Waals surface area contributed by atoms with Gasteiger partial charge in [0.25, 0.3) is 3.92 Å². The minimum Gasteiger partial charge on any atom is -0.497 e. The number of alkyl halides is 6. The molecule has 10 heteroatoms. The lowest BCUT2D eigenvalue weighted by molar-refractivity contribution is 0.415. The topological polar surface area (TPSA) is 37.2 Å². The molecule has 0 aliphatic carbocycles. The maximum Gasteiger partial charge on any atom is 0.270 e. The molecule has 1 aromatic carbocycles. The Kier molecular flexibility index (Phi) is 6.57. The van der Waals surface area contributed by atoms with Gasteiger partial charge in [0.15, 0.2) is 5.84 Å². The number of hydrogen-bond donors (Lipinski definition) is 0. The maximum absolute atomic E-state index is 5.95. The smallest absolute Gasteiger partial charge is 0.270 e. The quantitative estimate of drug-likeness (QED) is 0.452. The van der Waals surface area contributed by atoms with Crippen molar-refractivity contribution in [1.29, 1.82) is 0 Å². The van der Waals surface area contributed by atoms with Gasteiger partial charge >= 0.3 is 0 Å². The largest absolute Gasteiger partial charge is 0.497 e. The third-order valence-electron chi connectivity index (χ3n) is 2.96. The van der Waals surface area contributed by atoms with Crippen molar-refractivity contribution in [2.75, 3.05) is 13.8 Å². The van der Waals surface area contributed by atoms with Gasteiger partial charge in [-0.1, -0.05) is 87.8 Å². The van der Waals surface area contributed by atoms with Crippen molar-refractivity contribution >= 4 is 87.4 Å². The maximum atomic E-state index is 5.95. The van der Waals surface area contributed by atoms with Crippen LogP contribution in [0.4, 0.5) is 0 Å². The molecule has 2 rings (SSSR count). The first kappa shape index (κ1) is 20.0. The van der Waals surface area contributed by atoms with Gasteiger partial charge in [0, 0.05) is 0 Å². The van der Waals surface area contributed by atoms with Crippen molar-refractivity contribution in [2.45, 2.75) is 7.71 Å². The van der Waals surface area contributed by atoms with Gasteiger partial charge in [-0.2, -0.15) is 0 Å². The van der Waals surface area contributed by atoms with Crippen molar-refractivity contribution in [3.8, 4) is 5.75 Å². The molecule has 0 bridgehead atoms. The highest BCUT2D eigenvalue weighted by Gasteiger charge is 2.37. The van der Waals surface area contributed by atoms with Gasteiger partial charge < -0.3 is 4.74 Å². The van der Waals surface area contributed by atoms with E-state index in [4.69, 9.17) is 74.3 Å². The number of halogens is 6. The normalized spacial score (nSPS) is 16.2. The zero-order valence-corrected chi connectivity index (χ0v) is 16.7. The Bertz CT molecular complexity index is 673. The van der Waals surface area contributed by atoms with Gasteiger partial charge in [0.2, 0.25) is 3.79 Å². The Balaban J connectivity index is 2.31. The molecule has 0 saturated heterocycles. The summed E-state index contributed by atoms with van der Waals surface area (Å²) < 4.78 is 1.60. The molecular formula is C14H11Cl6N3O. The summed E-state index contributed by atoms with van der Waals surface area (Å²) >= 11 is 35.3. The van der Waals surface area contributed by atoms with E-state index >= 15 is 0 Å². The van der Waals surface area contributed by atoms with Crippen molar-refractivity contribution in [3.05, 3.63) is 35.9 Å². The number of amidine groups is 2. The summed E-state index contributed by atoms with van der Waals surface area (Å²) in [6.45, 7) is -0.00840. The third-order valence-corrected chi connectivity index (χ3v) is 4.08. The summed E-state index contributed by atoms with van der Waals surface area (Å²) in [6, 6.07) is 7.37. The molecule has 0 unspecified atom stereocenters. The summed E-state index contributed by atoms with van der Waals surface area (Å²) in [5, 5.41) is 0. The van der Waals surface area contributed by atoms with E-state index in [2.05, 4.69) is 9.98 Å². The first-order chi connectivity index (χ1) is 11.1. The number of benzene rings is 1. The van der Waals surface area contributed by atoms with Gasteiger partial charge in [-0.25, -0.2) is 9.98 Å². The van der Waals surface area contributed by atoms with E-state index < -0.39 is 7.71 Å². The zero-order valence-electron chi connectivity index (χ0n) is 12.2. The fourth-order valence-corrected chi connectivity index (χ4v) is 2.52. The molecule has 1 heterocycles. The first-order valence-corrected chi connectivity index (χ1v) is 8.75. The second-order valence-corrected chi connectivity index (χ2v) is 9.10. The average Bonchev–Trinajstić information content (AvgIpc) is 2.51. The predicted octanol–water partition coefficient (Wildman–Crippen LogP) is 5.48. The van der Waals surface area contributed by atoms with Crippen LogP contribution < -0.4 is 4.74 Å². The minimum atomic E-state index is -1.76. The van der Waals surface area contributed by atoms with Crippen molar-refractivity contribution < 1.29 is 4.74 Å². The minimum absolute atomic E-state index is 0.00840. The Labute approximate surface area is 169 Å². The second kappa shape index (κ2) is 7.90. The lowest BCUT2D eigenvalue weighted by Gasteiger charge is -2.32. The summed E-state index contributed by atoms with van der Waals surface area (Å²) in [7, 11) is 1.60. The fraction of sp³-hybridized carbons (Fsp3) is 0.286. The highest BCUT2D eigenvalue weighted by molar-refractivity contribution is 6.77. The molecule has 0 aromatic heterocycles. The number of hydrogen-bond acceptors (Lipinski definition) is 4. The molecule has 0 saturated carbocycles. The standard InChI is InChI=1S/C14H11Cl6N3O/c1-24-10-5-2-9(3-6-10)4-7-11-22-12(13(15,16)17)21-8-23(11)14(18,19)20/h2-7H,8H2,1H3. The van der Waals surface area contributed by atoms with Crippen LogP contribution in [0.2, 0.25) is 0 Å². The summed E-state index contributed by atoms with van der Waals surface area (Å²) in [5.41, 5.74) is 0.890. The number of methoxy groups -OCH3 is 1. The molecule has 0 amide bonds. The molecule has 24 heavy (non-hydrogen) atoms. The van der Waals surface area contributed by atoms with Crippen molar-refractivity contribution in [3.63, 3.8) is 0 Å². The Hall–Kier alpha value is -0.360. The Morgan fingerprint density at radius 3 is 2.17 bits per heavy atom. The van der Waals surface area contributed by atoms with Gasteiger partial charge in [0.05, 0.1) is 7.11 Å². The SMILES string of the molecule is COc1ccc(C=CC2=NC(C(Cl)(Cl)Cl)=NCN2C(Cl)(Cl)Cl)cc1. The number of nitrogens with zero attached hydrogens (tertiary/aromatic N) is 3. The molecule has 1 aromatic rings. The molecule has 0 radical (unpaired) electrons. The van der Waals surface area contributed by atoms with Crippen LogP contribution in [0, 0.1) is 0 Å². The van der Waals surface area contributed by atoms with E-state index in [1.165, 1.54) is 4.90 Å². The van der Waals surface area contributed by atoms with E-state index in [0.29, 0.717) is 5.84 Å². The monoisotopic (exact) mass is 447 g/mol. The highest BCUT2D eigenvalue weighted by Crippen LogP contribution is 2.35. The molecular weight excluding hydrogens is 439 g/mol. The van der Waals surface area contributed by atoms with Crippen LogP contribution >= 0.6 is 69.6 Å². The molecule has 130 valence electrons. The molecule has 0 atom stereocenters. The van der Waals surface area contributed by atoms with Crippen LogP contribution in [0.5, 0.6) is 5.75 Å². The van der Waals surface area contributed by atoms with Gasteiger partial charge in [0.1, 0.15) is 18.3 Å². The molecule has 0 fully saturated rings. The van der Waals surface area contributed by atoms with Gasteiger partial charge in [-0.15, -0.1) is 0 Å². The molecule has 0 N–H and O–H groups in total. The van der Waals surface area contributed by atoms with Crippen LogP contribution in [0.25, 0.3) is 6.08 Å². The number of rotatable bonds is 3. The average molecular weight is 450 g/mol. The van der Waals surface area contributed by atoms with Crippen molar-refractivity contribution in [1.82, 2.24) is 4.90 Å². The third kappa shape index (κ3) is 5.32. The summed E-state index contributed by atoms with van der Waals surface area (Å²) in [4.78, 5) is 9.56. The molecule has 1 aliphatic heterocycles.